The molecule has 3 rings (SSSR count). The zero-order chi connectivity index (χ0) is 16.9. The van der Waals surface area contributed by atoms with Crippen LogP contribution in [0.4, 0.5) is 0 Å². The number of fused-ring (bicyclic) bond motifs is 1. The third kappa shape index (κ3) is 2.34. The van der Waals surface area contributed by atoms with Crippen LogP contribution in [0.3, 0.4) is 0 Å². The summed E-state index contributed by atoms with van der Waals surface area (Å²) >= 11 is 0. The zero-order valence-corrected chi connectivity index (χ0v) is 13.8. The van der Waals surface area contributed by atoms with E-state index in [0.717, 1.165) is 10.4 Å². The highest BCUT2D eigenvalue weighted by Gasteiger charge is 2.39. The van der Waals surface area contributed by atoms with Crippen molar-refractivity contribution in [2.24, 2.45) is 7.05 Å². The molecular formula is C15H17N3O4S. The van der Waals surface area contributed by atoms with E-state index in [1.54, 1.807) is 30.7 Å². The number of para-hydroxylation sites is 1. The first-order valence-electron chi connectivity index (χ1n) is 7.11. The normalized spacial score (nSPS) is 19.1. The number of nitrogens with zero attached hydrogens (tertiary/aromatic N) is 2. The molecule has 2 amide bonds. The maximum absolute atomic E-state index is 12.8. The lowest BCUT2D eigenvalue weighted by Crippen LogP contribution is -2.40. The molecule has 2 aromatic rings. The Morgan fingerprint density at radius 1 is 1.17 bits per heavy atom. The molecule has 0 spiro atoms. The van der Waals surface area contributed by atoms with Crippen molar-refractivity contribution in [3.63, 3.8) is 0 Å². The number of hydrogen-bond donors (Lipinski definition) is 1. The molecule has 0 bridgehead atoms. The van der Waals surface area contributed by atoms with Crippen molar-refractivity contribution in [2.45, 2.75) is 24.3 Å². The molecule has 1 aromatic carbocycles. The van der Waals surface area contributed by atoms with Gasteiger partial charge in [-0.2, -0.15) is 4.72 Å². The number of rotatable bonds is 3. The maximum Gasteiger partial charge on any atom is 0.247 e. The predicted molar refractivity (Wildman–Crippen MR) is 84.2 cm³/mol. The lowest BCUT2D eigenvalue weighted by molar-refractivity contribution is -0.137. The van der Waals surface area contributed by atoms with Gasteiger partial charge in [0.2, 0.25) is 21.8 Å². The van der Waals surface area contributed by atoms with E-state index in [4.69, 9.17) is 0 Å². The average Bonchev–Trinajstić information content (AvgIpc) is 2.89. The van der Waals surface area contributed by atoms with Gasteiger partial charge in [-0.1, -0.05) is 18.2 Å². The van der Waals surface area contributed by atoms with E-state index < -0.39 is 27.9 Å². The second-order valence-electron chi connectivity index (χ2n) is 5.66. The van der Waals surface area contributed by atoms with Crippen LogP contribution in [0.15, 0.2) is 29.2 Å². The molecule has 0 saturated carbocycles. The van der Waals surface area contributed by atoms with Crippen molar-refractivity contribution >= 4 is 32.7 Å². The Kier molecular flexibility index (Phi) is 3.53. The molecule has 1 unspecified atom stereocenters. The van der Waals surface area contributed by atoms with Crippen LogP contribution in [0.2, 0.25) is 0 Å². The summed E-state index contributed by atoms with van der Waals surface area (Å²) in [5, 5.41) is 0.588. The SMILES string of the molecule is Cc1c(S(=O)(=O)NC2CC(=O)N(C)C2=O)c2ccccc2n1C. The molecule has 0 radical (unpaired) electrons. The Bertz CT molecular complexity index is 930. The van der Waals surface area contributed by atoms with E-state index in [-0.39, 0.29) is 11.3 Å². The fourth-order valence-electron chi connectivity index (χ4n) is 2.92. The fraction of sp³-hybridized carbons (Fsp3) is 0.333. The quantitative estimate of drug-likeness (QED) is 0.829. The van der Waals surface area contributed by atoms with Crippen LogP contribution in [0, 0.1) is 6.92 Å². The lowest BCUT2D eigenvalue weighted by Gasteiger charge is -2.12. The Morgan fingerprint density at radius 2 is 1.83 bits per heavy atom. The summed E-state index contributed by atoms with van der Waals surface area (Å²) in [4.78, 5) is 24.6. The topological polar surface area (TPSA) is 88.5 Å². The molecular weight excluding hydrogens is 318 g/mol. The highest BCUT2D eigenvalue weighted by molar-refractivity contribution is 7.89. The van der Waals surface area contributed by atoms with Gasteiger partial charge in [-0.3, -0.25) is 14.5 Å². The number of likely N-dealkylation sites (N-methyl/N-ethyl adjacent to an activating group) is 1. The monoisotopic (exact) mass is 335 g/mol. The molecule has 1 atom stereocenters. The summed E-state index contributed by atoms with van der Waals surface area (Å²) in [6.45, 7) is 1.71. The van der Waals surface area contributed by atoms with Crippen LogP contribution in [0.25, 0.3) is 10.9 Å². The number of carbonyl (C=O) groups is 2. The Hall–Kier alpha value is -2.19. The van der Waals surface area contributed by atoms with Crippen molar-refractivity contribution in [3.8, 4) is 0 Å². The first kappa shape index (κ1) is 15.7. The molecule has 23 heavy (non-hydrogen) atoms. The first-order valence-corrected chi connectivity index (χ1v) is 8.59. The summed E-state index contributed by atoms with van der Waals surface area (Å²) in [6, 6.07) is 6.11. The van der Waals surface area contributed by atoms with Gasteiger partial charge in [-0.25, -0.2) is 8.42 Å². The minimum Gasteiger partial charge on any atom is -0.347 e. The lowest BCUT2D eigenvalue weighted by atomic mass is 10.2. The van der Waals surface area contributed by atoms with Crippen LogP contribution in [-0.2, 0) is 26.7 Å². The first-order chi connectivity index (χ1) is 10.7. The third-order valence-electron chi connectivity index (χ3n) is 4.29. The van der Waals surface area contributed by atoms with Crippen molar-refractivity contribution in [3.05, 3.63) is 30.0 Å². The average molecular weight is 335 g/mol. The molecule has 1 saturated heterocycles. The van der Waals surface area contributed by atoms with Gasteiger partial charge in [0.05, 0.1) is 6.42 Å². The van der Waals surface area contributed by atoms with E-state index in [1.807, 2.05) is 12.1 Å². The number of hydrogen-bond acceptors (Lipinski definition) is 4. The number of imide groups is 1. The molecule has 0 aliphatic carbocycles. The van der Waals surface area contributed by atoms with Gasteiger partial charge in [-0.15, -0.1) is 0 Å². The maximum atomic E-state index is 12.8. The number of aryl methyl sites for hydroxylation is 1. The standard InChI is InChI=1S/C15H17N3O4S/c1-9-14(10-6-4-5-7-12(10)17(9)2)23(21,22)16-11-8-13(19)18(3)15(11)20/h4-7,11,16H,8H2,1-3H3. The molecule has 2 heterocycles. The van der Waals surface area contributed by atoms with E-state index in [1.165, 1.54) is 7.05 Å². The van der Waals surface area contributed by atoms with Gasteiger partial charge in [0.25, 0.3) is 0 Å². The Morgan fingerprint density at radius 3 is 2.43 bits per heavy atom. The highest BCUT2D eigenvalue weighted by atomic mass is 32.2. The van der Waals surface area contributed by atoms with E-state index in [2.05, 4.69) is 4.72 Å². The van der Waals surface area contributed by atoms with Crippen molar-refractivity contribution in [1.29, 1.82) is 0 Å². The molecule has 7 nitrogen and oxygen atoms in total. The summed E-state index contributed by atoms with van der Waals surface area (Å²) in [7, 11) is -0.795. The highest BCUT2D eigenvalue weighted by Crippen LogP contribution is 2.29. The molecule has 1 aliphatic rings. The van der Waals surface area contributed by atoms with Gasteiger partial charge in [0, 0.05) is 30.7 Å². The minimum absolute atomic E-state index is 0.144. The number of sulfonamides is 1. The molecule has 1 aromatic heterocycles. The van der Waals surface area contributed by atoms with Crippen LogP contribution >= 0.6 is 0 Å². The third-order valence-corrected chi connectivity index (χ3v) is 5.94. The van der Waals surface area contributed by atoms with Gasteiger partial charge in [-0.05, 0) is 13.0 Å². The van der Waals surface area contributed by atoms with Crippen LogP contribution in [0.5, 0.6) is 0 Å². The zero-order valence-electron chi connectivity index (χ0n) is 13.0. The van der Waals surface area contributed by atoms with Gasteiger partial charge in [0.15, 0.2) is 0 Å². The van der Waals surface area contributed by atoms with Crippen LogP contribution < -0.4 is 4.72 Å². The molecule has 1 aliphatic heterocycles. The molecule has 8 heteroatoms. The van der Waals surface area contributed by atoms with Crippen LogP contribution in [0.1, 0.15) is 12.1 Å². The largest absolute Gasteiger partial charge is 0.347 e. The number of nitrogens with one attached hydrogen (secondary N) is 1. The van der Waals surface area contributed by atoms with E-state index >= 15 is 0 Å². The predicted octanol–water partition coefficient (Wildman–Crippen LogP) is 0.522. The Balaban J connectivity index is 2.06. The van der Waals surface area contributed by atoms with E-state index in [0.29, 0.717) is 11.1 Å². The summed E-state index contributed by atoms with van der Waals surface area (Å²) < 4.78 is 29.7. The second kappa shape index (κ2) is 5.17. The van der Waals surface area contributed by atoms with Crippen molar-refractivity contribution in [1.82, 2.24) is 14.2 Å². The van der Waals surface area contributed by atoms with Crippen molar-refractivity contribution in [2.75, 3.05) is 7.05 Å². The van der Waals surface area contributed by atoms with E-state index in [9.17, 15) is 18.0 Å². The smallest absolute Gasteiger partial charge is 0.247 e. The molecule has 1 fully saturated rings. The summed E-state index contributed by atoms with van der Waals surface area (Å²) in [6.07, 6.45) is -0.154. The van der Waals surface area contributed by atoms with Crippen LogP contribution in [-0.4, -0.2) is 42.8 Å². The van der Waals surface area contributed by atoms with Crippen molar-refractivity contribution < 1.29 is 18.0 Å². The van der Waals surface area contributed by atoms with Gasteiger partial charge < -0.3 is 4.57 Å². The molecule has 122 valence electrons. The van der Waals surface area contributed by atoms with Gasteiger partial charge >= 0.3 is 0 Å². The fourth-order valence-corrected chi connectivity index (χ4v) is 4.58. The number of amides is 2. The number of benzene rings is 1. The minimum atomic E-state index is -3.93. The number of carbonyl (C=O) groups excluding carboxylic acids is 2. The van der Waals surface area contributed by atoms with Gasteiger partial charge in [0.1, 0.15) is 10.9 Å². The second-order valence-corrected chi connectivity index (χ2v) is 7.31. The molecule has 1 N–H and O–H groups in total. The summed E-state index contributed by atoms with van der Waals surface area (Å²) in [5.41, 5.74) is 1.36. The number of likely N-dealkylation sites (tertiary alicyclic amines) is 1. The Labute approximate surface area is 133 Å². The number of aromatic nitrogens is 1. The summed E-state index contributed by atoms with van der Waals surface area (Å²) in [5.74, 6) is -0.922.